The number of fused-ring (bicyclic) bond motifs is 1. The van der Waals surface area contributed by atoms with Gasteiger partial charge in [0.15, 0.2) is 17.7 Å². The van der Waals surface area contributed by atoms with Gasteiger partial charge in [0.1, 0.15) is 11.6 Å². The van der Waals surface area contributed by atoms with E-state index in [1.165, 1.54) is 24.3 Å². The lowest BCUT2D eigenvalue weighted by atomic mass is 10.1. The van der Waals surface area contributed by atoms with Crippen LogP contribution >= 0.6 is 0 Å². The number of benzene rings is 2. The molecular weight excluding hydrogens is 250 g/mol. The minimum Gasteiger partial charge on any atom is -0.453 e. The summed E-state index contributed by atoms with van der Waals surface area (Å²) < 4.78 is 32.2. The summed E-state index contributed by atoms with van der Waals surface area (Å²) >= 11 is 0. The van der Waals surface area contributed by atoms with Crippen molar-refractivity contribution in [2.24, 2.45) is 0 Å². The third kappa shape index (κ3) is 1.91. The van der Waals surface area contributed by atoms with Crippen molar-refractivity contribution in [1.82, 2.24) is 0 Å². The summed E-state index contributed by atoms with van der Waals surface area (Å²) in [6, 6.07) is 10.3. The maximum Gasteiger partial charge on any atom is 0.170 e. The zero-order valence-electron chi connectivity index (χ0n) is 9.69. The minimum absolute atomic E-state index is 0.0570. The lowest BCUT2D eigenvalue weighted by Gasteiger charge is -1.99. The van der Waals surface area contributed by atoms with Crippen LogP contribution in [0, 0.1) is 11.6 Å². The minimum atomic E-state index is -0.596. The topological polar surface area (TPSA) is 30.2 Å². The monoisotopic (exact) mass is 258 g/mol. The second-order valence-electron chi connectivity index (χ2n) is 4.12. The molecule has 2 aromatic carbocycles. The fourth-order valence-electron chi connectivity index (χ4n) is 1.96. The molecule has 3 aromatic rings. The maximum atomic E-state index is 13.5. The van der Waals surface area contributed by atoms with Gasteiger partial charge in [0, 0.05) is 10.9 Å². The van der Waals surface area contributed by atoms with Crippen molar-refractivity contribution >= 4 is 17.3 Å². The van der Waals surface area contributed by atoms with E-state index in [9.17, 15) is 13.6 Å². The molecule has 0 unspecified atom stereocenters. The Kier molecular flexibility index (Phi) is 2.63. The zero-order chi connectivity index (χ0) is 13.4. The van der Waals surface area contributed by atoms with Crippen LogP contribution < -0.4 is 0 Å². The highest BCUT2D eigenvalue weighted by molar-refractivity contribution is 5.84. The van der Waals surface area contributed by atoms with Crippen LogP contribution in [0.4, 0.5) is 8.78 Å². The van der Waals surface area contributed by atoms with Crippen LogP contribution in [-0.4, -0.2) is 6.29 Å². The Morgan fingerprint density at radius 2 is 1.84 bits per heavy atom. The number of furan rings is 1. The molecule has 4 heteroatoms. The molecule has 0 saturated heterocycles. The number of para-hydroxylation sites is 1. The standard InChI is InChI=1S/C15H8F2O2/c16-12-5-4-9(6-11(12)8-18)14-7-10-2-1-3-13(17)15(10)19-14/h1-8H. The number of carbonyl (C=O) groups excluding carboxylic acids is 1. The van der Waals surface area contributed by atoms with Gasteiger partial charge in [0.25, 0.3) is 0 Å². The van der Waals surface area contributed by atoms with Crippen LogP contribution in [0.2, 0.25) is 0 Å². The van der Waals surface area contributed by atoms with Crippen LogP contribution in [0.1, 0.15) is 10.4 Å². The van der Waals surface area contributed by atoms with Gasteiger partial charge in [-0.25, -0.2) is 8.78 Å². The van der Waals surface area contributed by atoms with Crippen LogP contribution in [0.25, 0.3) is 22.3 Å². The Morgan fingerprint density at radius 3 is 2.58 bits per heavy atom. The van der Waals surface area contributed by atoms with E-state index in [1.54, 1.807) is 18.2 Å². The van der Waals surface area contributed by atoms with Gasteiger partial charge < -0.3 is 4.42 Å². The number of aldehydes is 1. The predicted molar refractivity (Wildman–Crippen MR) is 67.0 cm³/mol. The first-order chi connectivity index (χ1) is 9.19. The fraction of sp³-hybridized carbons (Fsp3) is 0. The largest absolute Gasteiger partial charge is 0.453 e. The third-order valence-electron chi connectivity index (χ3n) is 2.90. The molecule has 0 spiro atoms. The highest BCUT2D eigenvalue weighted by Crippen LogP contribution is 2.30. The van der Waals surface area contributed by atoms with E-state index in [0.29, 0.717) is 23.0 Å². The van der Waals surface area contributed by atoms with Gasteiger partial charge >= 0.3 is 0 Å². The van der Waals surface area contributed by atoms with Crippen LogP contribution in [-0.2, 0) is 0 Å². The fourth-order valence-corrected chi connectivity index (χ4v) is 1.96. The maximum absolute atomic E-state index is 13.5. The molecule has 2 nitrogen and oxygen atoms in total. The number of hydrogen-bond donors (Lipinski definition) is 0. The molecule has 0 saturated carbocycles. The van der Waals surface area contributed by atoms with E-state index in [4.69, 9.17) is 4.42 Å². The van der Waals surface area contributed by atoms with Gasteiger partial charge in [-0.2, -0.15) is 0 Å². The lowest BCUT2D eigenvalue weighted by molar-refractivity contribution is 0.112. The Morgan fingerprint density at radius 1 is 1.00 bits per heavy atom. The molecule has 19 heavy (non-hydrogen) atoms. The lowest BCUT2D eigenvalue weighted by Crippen LogP contribution is -1.87. The molecule has 94 valence electrons. The van der Waals surface area contributed by atoms with Crippen molar-refractivity contribution in [3.8, 4) is 11.3 Å². The third-order valence-corrected chi connectivity index (χ3v) is 2.90. The Hall–Kier alpha value is -2.49. The Balaban J connectivity index is 2.19. The summed E-state index contributed by atoms with van der Waals surface area (Å²) in [4.78, 5) is 10.7. The molecule has 3 rings (SSSR count). The van der Waals surface area contributed by atoms with Crippen molar-refractivity contribution in [3.05, 3.63) is 59.7 Å². The van der Waals surface area contributed by atoms with E-state index in [2.05, 4.69) is 0 Å². The van der Waals surface area contributed by atoms with E-state index >= 15 is 0 Å². The molecule has 1 aromatic heterocycles. The zero-order valence-corrected chi connectivity index (χ0v) is 9.69. The molecule has 0 aliphatic heterocycles. The summed E-state index contributed by atoms with van der Waals surface area (Å²) in [5.74, 6) is -0.661. The quantitative estimate of drug-likeness (QED) is 0.645. The number of carbonyl (C=O) groups is 1. The molecule has 0 atom stereocenters. The van der Waals surface area contributed by atoms with Gasteiger partial charge in [0.2, 0.25) is 0 Å². The van der Waals surface area contributed by atoms with Crippen molar-refractivity contribution < 1.29 is 18.0 Å². The molecule has 0 aliphatic carbocycles. The summed E-state index contributed by atoms with van der Waals surface area (Å²) in [6.45, 7) is 0. The first-order valence-corrected chi connectivity index (χ1v) is 5.62. The number of halogens is 2. The molecule has 0 aliphatic rings. The van der Waals surface area contributed by atoms with Crippen LogP contribution in [0.3, 0.4) is 0 Å². The number of hydrogen-bond acceptors (Lipinski definition) is 2. The van der Waals surface area contributed by atoms with Gasteiger partial charge in [-0.3, -0.25) is 4.79 Å². The van der Waals surface area contributed by atoms with E-state index in [1.807, 2.05) is 0 Å². The second kappa shape index (κ2) is 4.31. The molecule has 0 fully saturated rings. The van der Waals surface area contributed by atoms with E-state index in [0.717, 1.165) is 0 Å². The predicted octanol–water partition coefficient (Wildman–Crippen LogP) is 4.19. The Bertz CT molecular complexity index is 775. The van der Waals surface area contributed by atoms with Crippen LogP contribution in [0.5, 0.6) is 0 Å². The SMILES string of the molecule is O=Cc1cc(-c2cc3cccc(F)c3o2)ccc1F. The smallest absolute Gasteiger partial charge is 0.170 e. The van der Waals surface area contributed by atoms with E-state index < -0.39 is 11.6 Å². The van der Waals surface area contributed by atoms with Gasteiger partial charge in [-0.05, 0) is 30.3 Å². The summed E-state index contributed by atoms with van der Waals surface area (Å²) in [7, 11) is 0. The summed E-state index contributed by atoms with van der Waals surface area (Å²) in [5, 5.41) is 0.618. The second-order valence-corrected chi connectivity index (χ2v) is 4.12. The van der Waals surface area contributed by atoms with Crippen molar-refractivity contribution in [1.29, 1.82) is 0 Å². The first kappa shape index (κ1) is 11.6. The van der Waals surface area contributed by atoms with Gasteiger partial charge in [-0.15, -0.1) is 0 Å². The summed E-state index contributed by atoms with van der Waals surface area (Å²) in [6.07, 6.45) is 0.433. The molecule has 1 heterocycles. The first-order valence-electron chi connectivity index (χ1n) is 5.62. The van der Waals surface area contributed by atoms with Crippen molar-refractivity contribution in [2.75, 3.05) is 0 Å². The summed E-state index contributed by atoms with van der Waals surface area (Å²) in [5.41, 5.74) is 0.618. The number of rotatable bonds is 2. The molecule has 0 radical (unpaired) electrons. The molecular formula is C15H8F2O2. The molecule has 0 amide bonds. The van der Waals surface area contributed by atoms with Gasteiger partial charge in [0.05, 0.1) is 5.56 Å². The van der Waals surface area contributed by atoms with Crippen molar-refractivity contribution in [2.45, 2.75) is 0 Å². The highest BCUT2D eigenvalue weighted by atomic mass is 19.1. The Labute approximate surface area is 107 Å². The normalized spacial score (nSPS) is 10.8. The van der Waals surface area contributed by atoms with Crippen molar-refractivity contribution in [3.63, 3.8) is 0 Å². The molecule has 0 N–H and O–H groups in total. The highest BCUT2D eigenvalue weighted by Gasteiger charge is 2.11. The van der Waals surface area contributed by atoms with E-state index in [-0.39, 0.29) is 11.1 Å². The van der Waals surface area contributed by atoms with Gasteiger partial charge in [-0.1, -0.05) is 12.1 Å². The average molecular weight is 258 g/mol. The average Bonchev–Trinajstić information content (AvgIpc) is 2.85. The van der Waals surface area contributed by atoms with Crippen LogP contribution in [0.15, 0.2) is 46.9 Å². The molecule has 0 bridgehead atoms.